The van der Waals surface area contributed by atoms with Crippen molar-refractivity contribution >= 4 is 22.8 Å². The van der Waals surface area contributed by atoms with Gasteiger partial charge >= 0.3 is 0 Å². The zero-order chi connectivity index (χ0) is 16.9. The van der Waals surface area contributed by atoms with E-state index in [9.17, 15) is 9.90 Å². The molecule has 3 nitrogen and oxygen atoms in total. The van der Waals surface area contributed by atoms with Crippen LogP contribution in [-0.4, -0.2) is 17.0 Å². The summed E-state index contributed by atoms with van der Waals surface area (Å²) in [6, 6.07) is 9.85. The van der Waals surface area contributed by atoms with Crippen LogP contribution in [0.5, 0.6) is 0 Å². The maximum absolute atomic E-state index is 12.9. The first-order chi connectivity index (χ1) is 11.5. The molecule has 0 radical (unpaired) electrons. The number of ketones is 1. The average Bonchev–Trinajstić information content (AvgIpc) is 2.97. The van der Waals surface area contributed by atoms with Gasteiger partial charge in [-0.25, -0.2) is 0 Å². The fourth-order valence-corrected chi connectivity index (χ4v) is 4.85. The molecule has 4 rings (SSSR count). The lowest BCUT2D eigenvalue weighted by molar-refractivity contribution is -0.133. The molecule has 2 aliphatic carbocycles. The first kappa shape index (κ1) is 15.6. The fourth-order valence-electron chi connectivity index (χ4n) is 4.85. The third kappa shape index (κ3) is 2.34. The fraction of sp³-hybridized carbons (Fsp3) is 0.476. The Hall–Kier alpha value is -1.87. The molecule has 2 unspecified atom stereocenters. The third-order valence-electron chi connectivity index (χ3n) is 6.27. The number of aliphatic hydroxyl groups is 1. The predicted octanol–water partition coefficient (Wildman–Crippen LogP) is 4.59. The summed E-state index contributed by atoms with van der Waals surface area (Å²) >= 11 is 0. The van der Waals surface area contributed by atoms with Gasteiger partial charge in [-0.1, -0.05) is 38.5 Å². The molecule has 3 heteroatoms. The molecule has 0 spiro atoms. The molecule has 1 aromatic heterocycles. The largest absolute Gasteiger partial charge is 0.457 e. The van der Waals surface area contributed by atoms with Gasteiger partial charge in [-0.3, -0.25) is 4.79 Å². The first-order valence-electron chi connectivity index (χ1n) is 8.90. The van der Waals surface area contributed by atoms with Crippen molar-refractivity contribution in [1.82, 2.24) is 0 Å². The van der Waals surface area contributed by atoms with Crippen LogP contribution in [0.1, 0.15) is 45.3 Å². The molecular weight excluding hydrogens is 300 g/mol. The van der Waals surface area contributed by atoms with Crippen molar-refractivity contribution in [2.24, 2.45) is 17.3 Å². The Labute approximate surface area is 142 Å². The highest BCUT2D eigenvalue weighted by atomic mass is 16.3. The van der Waals surface area contributed by atoms with Crippen LogP contribution < -0.4 is 0 Å². The summed E-state index contributed by atoms with van der Waals surface area (Å²) in [6.45, 7) is 4.17. The molecule has 1 aromatic carbocycles. The van der Waals surface area contributed by atoms with E-state index in [0.29, 0.717) is 6.42 Å². The maximum Gasteiger partial charge on any atom is 0.162 e. The number of furan rings is 1. The van der Waals surface area contributed by atoms with Crippen LogP contribution in [0.3, 0.4) is 0 Å². The summed E-state index contributed by atoms with van der Waals surface area (Å²) in [5, 5.41) is 11.6. The number of rotatable bonds is 1. The molecule has 0 aliphatic heterocycles. The van der Waals surface area contributed by atoms with Gasteiger partial charge < -0.3 is 9.52 Å². The van der Waals surface area contributed by atoms with Crippen LogP contribution in [0.25, 0.3) is 17.0 Å². The number of para-hydroxylation sites is 1. The van der Waals surface area contributed by atoms with Crippen molar-refractivity contribution in [3.05, 3.63) is 41.7 Å². The summed E-state index contributed by atoms with van der Waals surface area (Å²) in [7, 11) is 0. The standard InChI is InChI=1S/C21H24O3/c1-13-17-7-5-9-19(22)21(17,2)12-15(20(13)23)11-16-10-14-6-3-4-8-18(14)24-16/h3-4,6,8,10-11,13,17,19,22H,5,7,9,12H2,1-2H3/t13?,17?,19-,21-/m0/s1. The molecule has 0 saturated heterocycles. The summed E-state index contributed by atoms with van der Waals surface area (Å²) < 4.78 is 5.86. The number of carbonyl (C=O) groups excluding carboxylic acids is 1. The third-order valence-corrected chi connectivity index (χ3v) is 6.27. The van der Waals surface area contributed by atoms with E-state index in [-0.39, 0.29) is 29.1 Å². The molecule has 1 heterocycles. The molecule has 24 heavy (non-hydrogen) atoms. The molecule has 0 amide bonds. The normalized spacial score (nSPS) is 35.4. The van der Waals surface area contributed by atoms with Crippen molar-refractivity contribution in [1.29, 1.82) is 0 Å². The van der Waals surface area contributed by atoms with Crippen LogP contribution in [0.4, 0.5) is 0 Å². The second kappa shape index (κ2) is 5.59. The maximum atomic E-state index is 12.9. The number of fused-ring (bicyclic) bond motifs is 2. The van der Waals surface area contributed by atoms with Crippen LogP contribution in [0, 0.1) is 17.3 Å². The number of hydrogen-bond donors (Lipinski definition) is 1. The van der Waals surface area contributed by atoms with E-state index in [1.807, 2.05) is 43.3 Å². The number of aliphatic hydroxyl groups excluding tert-OH is 1. The molecule has 2 saturated carbocycles. The quantitative estimate of drug-likeness (QED) is 0.780. The lowest BCUT2D eigenvalue weighted by Gasteiger charge is -2.51. The lowest BCUT2D eigenvalue weighted by Crippen LogP contribution is -2.51. The van der Waals surface area contributed by atoms with Gasteiger partial charge in [-0.2, -0.15) is 0 Å². The van der Waals surface area contributed by atoms with Crippen LogP contribution in [0.15, 0.2) is 40.3 Å². The van der Waals surface area contributed by atoms with Crippen LogP contribution in [-0.2, 0) is 4.79 Å². The van der Waals surface area contributed by atoms with Gasteiger partial charge in [-0.05, 0) is 49.0 Å². The van der Waals surface area contributed by atoms with Gasteiger partial charge in [0.1, 0.15) is 11.3 Å². The monoisotopic (exact) mass is 324 g/mol. The molecule has 126 valence electrons. The van der Waals surface area contributed by atoms with E-state index in [0.717, 1.165) is 41.6 Å². The van der Waals surface area contributed by atoms with E-state index in [1.165, 1.54) is 0 Å². The Morgan fingerprint density at radius 3 is 2.88 bits per heavy atom. The Balaban J connectivity index is 1.73. The van der Waals surface area contributed by atoms with Gasteiger partial charge in [-0.15, -0.1) is 0 Å². The Morgan fingerprint density at radius 2 is 2.08 bits per heavy atom. The molecule has 1 N–H and O–H groups in total. The Bertz CT molecular complexity index is 782. The lowest BCUT2D eigenvalue weighted by atomic mass is 9.54. The summed E-state index contributed by atoms with van der Waals surface area (Å²) in [5.41, 5.74) is 1.42. The topological polar surface area (TPSA) is 50.4 Å². The molecule has 4 atom stereocenters. The Morgan fingerprint density at radius 1 is 1.29 bits per heavy atom. The van der Waals surface area contributed by atoms with E-state index in [4.69, 9.17) is 4.42 Å². The summed E-state index contributed by atoms with van der Waals surface area (Å²) in [4.78, 5) is 12.9. The average molecular weight is 324 g/mol. The minimum absolute atomic E-state index is 0.0330. The van der Waals surface area contributed by atoms with Crippen LogP contribution >= 0.6 is 0 Å². The van der Waals surface area contributed by atoms with E-state index < -0.39 is 0 Å². The van der Waals surface area contributed by atoms with Gasteiger partial charge in [0, 0.05) is 16.7 Å². The van der Waals surface area contributed by atoms with Crippen molar-refractivity contribution < 1.29 is 14.3 Å². The molecule has 0 bridgehead atoms. The number of hydrogen-bond acceptors (Lipinski definition) is 3. The highest BCUT2D eigenvalue weighted by Crippen LogP contribution is 2.53. The zero-order valence-electron chi connectivity index (χ0n) is 14.3. The highest BCUT2D eigenvalue weighted by Gasteiger charge is 2.51. The smallest absolute Gasteiger partial charge is 0.162 e. The van der Waals surface area contributed by atoms with E-state index in [1.54, 1.807) is 0 Å². The number of Topliss-reactive ketones (excluding diaryl/α,β-unsaturated/α-hetero) is 1. The van der Waals surface area contributed by atoms with Crippen molar-refractivity contribution in [2.45, 2.75) is 45.6 Å². The molecule has 2 fully saturated rings. The van der Waals surface area contributed by atoms with E-state index >= 15 is 0 Å². The van der Waals surface area contributed by atoms with E-state index in [2.05, 4.69) is 6.92 Å². The zero-order valence-corrected chi connectivity index (χ0v) is 14.3. The van der Waals surface area contributed by atoms with Crippen molar-refractivity contribution in [3.63, 3.8) is 0 Å². The predicted molar refractivity (Wildman–Crippen MR) is 94.4 cm³/mol. The van der Waals surface area contributed by atoms with Crippen molar-refractivity contribution in [2.75, 3.05) is 0 Å². The number of allylic oxidation sites excluding steroid dienone is 1. The first-order valence-corrected chi connectivity index (χ1v) is 8.90. The minimum Gasteiger partial charge on any atom is -0.457 e. The molecule has 2 aliphatic rings. The Kier molecular flexibility index (Phi) is 3.65. The SMILES string of the molecule is CC1C(=O)C(=Cc2cc3ccccc3o2)C[C@@]2(C)C1CCC[C@@H]2O. The number of carbonyl (C=O) groups is 1. The second-order valence-corrected chi connectivity index (χ2v) is 7.74. The van der Waals surface area contributed by atoms with Gasteiger partial charge in [0.05, 0.1) is 6.10 Å². The van der Waals surface area contributed by atoms with Gasteiger partial charge in [0.25, 0.3) is 0 Å². The second-order valence-electron chi connectivity index (χ2n) is 7.74. The van der Waals surface area contributed by atoms with Crippen molar-refractivity contribution in [3.8, 4) is 0 Å². The van der Waals surface area contributed by atoms with Gasteiger partial charge in [0.2, 0.25) is 0 Å². The number of benzene rings is 1. The molecular formula is C21H24O3. The highest BCUT2D eigenvalue weighted by molar-refractivity contribution is 6.02. The van der Waals surface area contributed by atoms with Crippen LogP contribution in [0.2, 0.25) is 0 Å². The summed E-state index contributed by atoms with van der Waals surface area (Å²) in [5.74, 6) is 1.18. The minimum atomic E-state index is -0.328. The molecule has 2 aromatic rings. The van der Waals surface area contributed by atoms with Gasteiger partial charge in [0.15, 0.2) is 5.78 Å². The summed E-state index contributed by atoms with van der Waals surface area (Å²) in [6.07, 6.45) is 5.10.